The maximum absolute atomic E-state index is 12.8. The first kappa shape index (κ1) is 23.8. The van der Waals surface area contributed by atoms with Gasteiger partial charge in [0, 0.05) is 31.5 Å². The van der Waals surface area contributed by atoms with Crippen molar-refractivity contribution >= 4 is 21.6 Å². The molecule has 0 amide bonds. The highest BCUT2D eigenvalue weighted by Crippen LogP contribution is 2.28. The van der Waals surface area contributed by atoms with Crippen LogP contribution in [0.1, 0.15) is 18.4 Å². The van der Waals surface area contributed by atoms with Gasteiger partial charge in [-0.1, -0.05) is 5.16 Å². The monoisotopic (exact) mass is 499 g/mol. The minimum atomic E-state index is -4.85. The van der Waals surface area contributed by atoms with Crippen LogP contribution in [-0.2, 0) is 21.4 Å². The van der Waals surface area contributed by atoms with Crippen LogP contribution in [0.5, 0.6) is 17.2 Å². The number of ether oxygens (including phenoxy) is 2. The van der Waals surface area contributed by atoms with Crippen LogP contribution >= 0.6 is 0 Å². The lowest BCUT2D eigenvalue weighted by Crippen LogP contribution is -2.38. The Hall–Kier alpha value is -3.32. The number of alkyl halides is 3. The van der Waals surface area contributed by atoms with Crippen LogP contribution in [-0.4, -0.2) is 55.5 Å². The van der Waals surface area contributed by atoms with Gasteiger partial charge < -0.3 is 19.4 Å². The van der Waals surface area contributed by atoms with E-state index in [2.05, 4.69) is 14.9 Å². The molecule has 2 aromatic rings. The predicted molar refractivity (Wildman–Crippen MR) is 114 cm³/mol. The lowest BCUT2D eigenvalue weighted by Gasteiger charge is -2.26. The molecule has 0 spiro atoms. The average Bonchev–Trinajstić information content (AvgIpc) is 2.79. The molecule has 0 radical (unpaired) electrons. The first-order valence-electron chi connectivity index (χ1n) is 10.2. The lowest BCUT2D eigenvalue weighted by molar-refractivity contribution is -0.274. The number of phenolic OH excluding ortho intramolecular Hbond substituents is 1. The Labute approximate surface area is 193 Å². The summed E-state index contributed by atoms with van der Waals surface area (Å²) in [7, 11) is -3.87. The number of fused-ring (bicyclic) bond motifs is 1. The van der Waals surface area contributed by atoms with Crippen molar-refractivity contribution in [3.05, 3.63) is 48.0 Å². The molecule has 2 aliphatic heterocycles. The largest absolute Gasteiger partial charge is 0.573 e. The minimum Gasteiger partial charge on any atom is -0.508 e. The Morgan fingerprint density at radius 1 is 1.12 bits per heavy atom. The van der Waals surface area contributed by atoms with Crippen LogP contribution in [0.2, 0.25) is 0 Å². The van der Waals surface area contributed by atoms with Crippen LogP contribution in [0.15, 0.2) is 57.5 Å². The normalized spacial score (nSPS) is 16.8. The molecular weight excluding hydrogens is 479 g/mol. The Balaban J connectivity index is 1.28. The quantitative estimate of drug-likeness (QED) is 0.610. The van der Waals surface area contributed by atoms with E-state index >= 15 is 0 Å². The number of nitrogens with zero attached hydrogens (tertiary/aromatic N) is 3. The zero-order valence-corrected chi connectivity index (χ0v) is 18.5. The fourth-order valence-corrected chi connectivity index (χ4v) is 4.86. The van der Waals surface area contributed by atoms with Crippen LogP contribution in [0.3, 0.4) is 0 Å². The summed E-state index contributed by atoms with van der Waals surface area (Å²) in [5.74, 6) is 0.547. The molecule has 0 saturated carbocycles. The number of hydrogen-bond donors (Lipinski definition) is 1. The van der Waals surface area contributed by atoms with E-state index in [0.717, 1.165) is 29.8 Å². The Bertz CT molecular complexity index is 1200. The average molecular weight is 499 g/mol. The smallest absolute Gasteiger partial charge is 0.508 e. The van der Waals surface area contributed by atoms with Gasteiger partial charge in [-0.2, -0.15) is 4.31 Å². The Kier molecular flexibility index (Phi) is 6.66. The third-order valence-electron chi connectivity index (χ3n) is 5.07. The summed E-state index contributed by atoms with van der Waals surface area (Å²) in [5.41, 5.74) is 1.42. The molecule has 2 aliphatic rings. The van der Waals surface area contributed by atoms with Crippen LogP contribution < -0.4 is 9.47 Å². The molecule has 34 heavy (non-hydrogen) atoms. The highest BCUT2D eigenvalue weighted by atomic mass is 32.2. The van der Waals surface area contributed by atoms with Gasteiger partial charge in [0.1, 0.15) is 17.2 Å². The number of aliphatic imine (C=N–C) groups is 1. The van der Waals surface area contributed by atoms with Crippen LogP contribution in [0.4, 0.5) is 13.2 Å². The van der Waals surface area contributed by atoms with Gasteiger partial charge in [0.25, 0.3) is 0 Å². The van der Waals surface area contributed by atoms with Crippen LogP contribution in [0, 0.1) is 0 Å². The second kappa shape index (κ2) is 9.50. The van der Waals surface area contributed by atoms with E-state index in [4.69, 9.17) is 9.57 Å². The van der Waals surface area contributed by atoms with Crippen molar-refractivity contribution in [2.24, 2.45) is 10.1 Å². The van der Waals surface area contributed by atoms with E-state index in [-0.39, 0.29) is 30.3 Å². The Morgan fingerprint density at radius 3 is 2.50 bits per heavy atom. The summed E-state index contributed by atoms with van der Waals surface area (Å²) in [6.07, 6.45) is -4.18. The van der Waals surface area contributed by atoms with Crippen molar-refractivity contribution in [1.82, 2.24) is 4.31 Å². The molecular formula is C21H20F3N3O6S. The number of hydrogen-bond acceptors (Lipinski definition) is 8. The van der Waals surface area contributed by atoms with Crippen molar-refractivity contribution in [3.8, 4) is 17.2 Å². The van der Waals surface area contributed by atoms with E-state index in [9.17, 15) is 26.7 Å². The summed E-state index contributed by atoms with van der Waals surface area (Å²) in [4.78, 5) is 9.42. The number of rotatable bonds is 6. The molecule has 0 aliphatic carbocycles. The molecule has 182 valence electrons. The van der Waals surface area contributed by atoms with Crippen LogP contribution in [0.25, 0.3) is 0 Å². The summed E-state index contributed by atoms with van der Waals surface area (Å²) in [5, 5.41) is 13.5. The Morgan fingerprint density at radius 2 is 1.82 bits per heavy atom. The number of phenols is 1. The third-order valence-corrected chi connectivity index (χ3v) is 6.99. The summed E-state index contributed by atoms with van der Waals surface area (Å²) in [6, 6.07) is 8.79. The number of piperidine rings is 1. The second-order valence-electron chi connectivity index (χ2n) is 7.46. The van der Waals surface area contributed by atoms with Gasteiger partial charge >= 0.3 is 6.36 Å². The standard InChI is InChI=1S/C21H20F3N3O6S/c22-21(23,24)33-17-2-4-18(5-3-17)34(29,30)27-9-7-15(8-10-27)26-31-13-20-25-12-14-11-16(28)1-6-19(14)32-20/h1-6,11,28H,7-10,12-13H2. The third kappa shape index (κ3) is 5.78. The number of sulfonamides is 1. The lowest BCUT2D eigenvalue weighted by atomic mass is 10.1. The predicted octanol–water partition coefficient (Wildman–Crippen LogP) is 3.44. The zero-order chi connectivity index (χ0) is 24.3. The maximum atomic E-state index is 12.8. The number of oxime groups is 1. The van der Waals surface area contributed by atoms with E-state index in [1.807, 2.05) is 0 Å². The van der Waals surface area contributed by atoms with E-state index in [1.54, 1.807) is 12.1 Å². The summed E-state index contributed by atoms with van der Waals surface area (Å²) in [6.45, 7) is 0.645. The fourth-order valence-electron chi connectivity index (χ4n) is 3.41. The molecule has 0 atom stereocenters. The molecule has 1 saturated heterocycles. The number of benzene rings is 2. The molecule has 0 aromatic heterocycles. The number of aromatic hydroxyl groups is 1. The minimum absolute atomic E-state index is 0.00181. The van der Waals surface area contributed by atoms with E-state index < -0.39 is 22.1 Å². The molecule has 1 fully saturated rings. The molecule has 4 rings (SSSR count). The molecule has 13 heteroatoms. The van der Waals surface area contributed by atoms with Crippen molar-refractivity contribution in [2.45, 2.75) is 30.6 Å². The van der Waals surface area contributed by atoms with Gasteiger partial charge in [0.05, 0.1) is 17.2 Å². The van der Waals surface area contributed by atoms with Crippen molar-refractivity contribution < 1.29 is 41.0 Å². The molecule has 2 heterocycles. The zero-order valence-electron chi connectivity index (χ0n) is 17.7. The summed E-state index contributed by atoms with van der Waals surface area (Å²) >= 11 is 0. The topological polar surface area (TPSA) is 110 Å². The van der Waals surface area contributed by atoms with Crippen molar-refractivity contribution in [2.75, 3.05) is 19.7 Å². The first-order chi connectivity index (χ1) is 16.1. The molecule has 1 N–H and O–H groups in total. The van der Waals surface area contributed by atoms with Gasteiger partial charge in [0.2, 0.25) is 15.9 Å². The van der Waals surface area contributed by atoms with Gasteiger partial charge in [-0.25, -0.2) is 13.4 Å². The summed E-state index contributed by atoms with van der Waals surface area (Å²) < 4.78 is 73.0. The highest BCUT2D eigenvalue weighted by molar-refractivity contribution is 7.89. The van der Waals surface area contributed by atoms with Gasteiger partial charge in [-0.3, -0.25) is 0 Å². The molecule has 0 bridgehead atoms. The van der Waals surface area contributed by atoms with E-state index in [1.165, 1.54) is 10.4 Å². The number of halogens is 3. The highest BCUT2D eigenvalue weighted by Gasteiger charge is 2.32. The maximum Gasteiger partial charge on any atom is 0.573 e. The fraction of sp³-hybridized carbons (Fsp3) is 0.333. The SMILES string of the molecule is O=S(=O)(c1ccc(OC(F)(F)F)cc1)N1CCC(=NOCC2=NCc3cc(O)ccc3O2)CC1. The molecule has 9 nitrogen and oxygen atoms in total. The second-order valence-corrected chi connectivity index (χ2v) is 9.40. The van der Waals surface area contributed by atoms with Crippen molar-refractivity contribution in [1.29, 1.82) is 0 Å². The van der Waals surface area contributed by atoms with Gasteiger partial charge in [0.15, 0.2) is 6.61 Å². The van der Waals surface area contributed by atoms with Crippen molar-refractivity contribution in [3.63, 3.8) is 0 Å². The first-order valence-corrected chi connectivity index (χ1v) is 11.6. The molecule has 2 aromatic carbocycles. The van der Waals surface area contributed by atoms with Gasteiger partial charge in [-0.05, 0) is 42.5 Å². The van der Waals surface area contributed by atoms with E-state index in [0.29, 0.717) is 36.7 Å². The van der Waals surface area contributed by atoms with Gasteiger partial charge in [-0.15, -0.1) is 13.2 Å². The molecule has 0 unspecified atom stereocenters.